The molecule has 6 heteroatoms. The van der Waals surface area contributed by atoms with Gasteiger partial charge in [0.2, 0.25) is 0 Å². The number of rotatable bonds is 5. The van der Waals surface area contributed by atoms with E-state index in [4.69, 9.17) is 4.74 Å². The molecule has 0 aliphatic carbocycles. The van der Waals surface area contributed by atoms with Crippen molar-refractivity contribution < 1.29 is 9.13 Å². The molecule has 4 nitrogen and oxygen atoms in total. The number of nitrogens with zero attached hydrogens (tertiary/aromatic N) is 2. The molecule has 3 aromatic rings. The van der Waals surface area contributed by atoms with E-state index in [0.29, 0.717) is 16.9 Å². The highest BCUT2D eigenvalue weighted by atomic mass is 79.9. The summed E-state index contributed by atoms with van der Waals surface area (Å²) in [5, 5.41) is 9.18. The normalized spacial score (nSPS) is 10.4. The van der Waals surface area contributed by atoms with Gasteiger partial charge in [-0.15, -0.1) is 0 Å². The molecule has 2 aromatic carbocycles. The minimum absolute atomic E-state index is 0.0193. The second-order valence-electron chi connectivity index (χ2n) is 6.08. The molecule has 0 fully saturated rings. The van der Waals surface area contributed by atoms with E-state index in [9.17, 15) is 14.4 Å². The Bertz CT molecular complexity index is 1090. The van der Waals surface area contributed by atoms with E-state index >= 15 is 0 Å². The van der Waals surface area contributed by atoms with E-state index in [1.807, 2.05) is 19.1 Å². The average molecular weight is 427 g/mol. The summed E-state index contributed by atoms with van der Waals surface area (Å²) in [6.45, 7) is 2.11. The smallest absolute Gasteiger partial charge is 0.268 e. The molecule has 0 amide bonds. The molecule has 0 atom stereocenters. The second kappa shape index (κ2) is 8.19. The maximum Gasteiger partial charge on any atom is 0.268 e. The molecule has 0 saturated carbocycles. The van der Waals surface area contributed by atoms with Crippen LogP contribution in [0.1, 0.15) is 22.3 Å². The van der Waals surface area contributed by atoms with Crippen LogP contribution in [0.15, 0.2) is 64.0 Å². The van der Waals surface area contributed by atoms with Crippen molar-refractivity contribution in [2.24, 2.45) is 0 Å². The highest BCUT2D eigenvalue weighted by Gasteiger charge is 2.12. The summed E-state index contributed by atoms with van der Waals surface area (Å²) < 4.78 is 21.3. The summed E-state index contributed by atoms with van der Waals surface area (Å²) in [6, 6.07) is 15.8. The lowest BCUT2D eigenvalue weighted by Crippen LogP contribution is -2.21. The predicted molar refractivity (Wildman–Crippen MR) is 104 cm³/mol. The van der Waals surface area contributed by atoms with Crippen LogP contribution in [0.25, 0.3) is 0 Å². The van der Waals surface area contributed by atoms with Gasteiger partial charge >= 0.3 is 0 Å². The van der Waals surface area contributed by atoms with Gasteiger partial charge in [0.05, 0.1) is 18.2 Å². The maximum absolute atomic E-state index is 13.9. The summed E-state index contributed by atoms with van der Waals surface area (Å²) in [5.41, 5.74) is 2.24. The highest BCUT2D eigenvalue weighted by Crippen LogP contribution is 2.23. The quantitative estimate of drug-likeness (QED) is 0.600. The molecular formula is C21H16BrFN2O2. The number of aryl methyl sites for hydroxylation is 1. The Kier molecular flexibility index (Phi) is 5.72. The van der Waals surface area contributed by atoms with E-state index in [-0.39, 0.29) is 29.0 Å². The number of benzene rings is 2. The largest absolute Gasteiger partial charge is 0.487 e. The van der Waals surface area contributed by atoms with Crippen LogP contribution in [0.4, 0.5) is 4.39 Å². The summed E-state index contributed by atoms with van der Waals surface area (Å²) in [5.74, 6) is -0.00244. The zero-order chi connectivity index (χ0) is 19.4. The summed E-state index contributed by atoms with van der Waals surface area (Å²) >= 11 is 3.27. The predicted octanol–water partition coefficient (Wildman–Crippen LogP) is 4.56. The van der Waals surface area contributed by atoms with Crippen LogP contribution in [-0.2, 0) is 13.2 Å². The Morgan fingerprint density at radius 2 is 1.96 bits per heavy atom. The third kappa shape index (κ3) is 4.26. The summed E-state index contributed by atoms with van der Waals surface area (Å²) in [7, 11) is 0. The van der Waals surface area contributed by atoms with Crippen molar-refractivity contribution in [3.05, 3.63) is 97.6 Å². The lowest BCUT2D eigenvalue weighted by Gasteiger charge is -2.12. The van der Waals surface area contributed by atoms with Crippen molar-refractivity contribution >= 4 is 15.9 Å². The SMILES string of the molecule is Cc1ccc(COc2ccn(Cc3ccccc3C#N)c(=O)c2Br)c(F)c1. The van der Waals surface area contributed by atoms with Gasteiger partial charge in [-0.3, -0.25) is 4.79 Å². The molecule has 1 heterocycles. The van der Waals surface area contributed by atoms with Crippen LogP contribution < -0.4 is 10.3 Å². The fraction of sp³-hybridized carbons (Fsp3) is 0.143. The van der Waals surface area contributed by atoms with Gasteiger partial charge in [-0.1, -0.05) is 30.3 Å². The summed E-state index contributed by atoms with van der Waals surface area (Å²) in [6.07, 6.45) is 1.60. The van der Waals surface area contributed by atoms with Crippen LogP contribution in [-0.4, -0.2) is 4.57 Å². The number of ether oxygens (including phenoxy) is 1. The Morgan fingerprint density at radius 3 is 2.70 bits per heavy atom. The topological polar surface area (TPSA) is 55.0 Å². The standard InChI is InChI=1S/C21H16BrFN2O2/c1-14-6-7-17(18(23)10-14)13-27-19-8-9-25(21(26)20(19)22)12-16-5-3-2-4-15(16)11-24/h2-10H,12-13H2,1H3. The minimum atomic E-state index is -0.340. The van der Waals surface area contributed by atoms with Gasteiger partial charge < -0.3 is 9.30 Å². The van der Waals surface area contributed by atoms with Crippen molar-refractivity contribution in [3.63, 3.8) is 0 Å². The Hall–Kier alpha value is -2.91. The van der Waals surface area contributed by atoms with Crippen LogP contribution in [0.2, 0.25) is 0 Å². The van der Waals surface area contributed by atoms with E-state index in [0.717, 1.165) is 11.1 Å². The molecular weight excluding hydrogens is 411 g/mol. The highest BCUT2D eigenvalue weighted by molar-refractivity contribution is 9.10. The molecule has 136 valence electrons. The van der Waals surface area contributed by atoms with Crippen molar-refractivity contribution in [2.75, 3.05) is 0 Å². The maximum atomic E-state index is 13.9. The van der Waals surface area contributed by atoms with Crippen LogP contribution in [0, 0.1) is 24.1 Å². The molecule has 0 aliphatic rings. The third-order valence-electron chi connectivity index (χ3n) is 4.14. The Labute approximate surface area is 164 Å². The number of hydrogen-bond donors (Lipinski definition) is 0. The van der Waals surface area contributed by atoms with E-state index < -0.39 is 0 Å². The number of nitriles is 1. The number of halogens is 2. The first-order valence-corrected chi connectivity index (χ1v) is 9.03. The Balaban J connectivity index is 1.81. The van der Waals surface area contributed by atoms with Crippen molar-refractivity contribution in [1.82, 2.24) is 4.57 Å². The van der Waals surface area contributed by atoms with Crippen LogP contribution in [0.3, 0.4) is 0 Å². The Morgan fingerprint density at radius 1 is 1.19 bits per heavy atom. The zero-order valence-corrected chi connectivity index (χ0v) is 16.2. The van der Waals surface area contributed by atoms with Gasteiger partial charge in [0.25, 0.3) is 5.56 Å². The zero-order valence-electron chi connectivity index (χ0n) is 14.6. The molecule has 0 bridgehead atoms. The number of pyridine rings is 1. The second-order valence-corrected chi connectivity index (χ2v) is 6.87. The fourth-order valence-corrected chi connectivity index (χ4v) is 3.12. The molecule has 0 aliphatic heterocycles. The fourth-order valence-electron chi connectivity index (χ4n) is 2.64. The van der Waals surface area contributed by atoms with E-state index in [1.54, 1.807) is 36.5 Å². The van der Waals surface area contributed by atoms with Gasteiger partial charge in [-0.2, -0.15) is 5.26 Å². The third-order valence-corrected chi connectivity index (χ3v) is 4.87. The molecule has 0 radical (unpaired) electrons. The van der Waals surface area contributed by atoms with Crippen molar-refractivity contribution in [3.8, 4) is 11.8 Å². The van der Waals surface area contributed by atoms with Crippen LogP contribution in [0.5, 0.6) is 5.75 Å². The summed E-state index contributed by atoms with van der Waals surface area (Å²) in [4.78, 5) is 12.6. The van der Waals surface area contributed by atoms with E-state index in [2.05, 4.69) is 22.0 Å². The molecule has 0 saturated heterocycles. The van der Waals surface area contributed by atoms with Gasteiger partial charge in [-0.25, -0.2) is 4.39 Å². The average Bonchev–Trinajstić information content (AvgIpc) is 2.66. The van der Waals surface area contributed by atoms with Gasteiger partial charge in [0.1, 0.15) is 22.6 Å². The van der Waals surface area contributed by atoms with Gasteiger partial charge in [0.15, 0.2) is 0 Å². The molecule has 0 unspecified atom stereocenters. The monoisotopic (exact) mass is 426 g/mol. The van der Waals surface area contributed by atoms with Crippen molar-refractivity contribution in [2.45, 2.75) is 20.1 Å². The van der Waals surface area contributed by atoms with Crippen LogP contribution >= 0.6 is 15.9 Å². The van der Waals surface area contributed by atoms with Crippen molar-refractivity contribution in [1.29, 1.82) is 5.26 Å². The van der Waals surface area contributed by atoms with Gasteiger partial charge in [0, 0.05) is 11.8 Å². The lowest BCUT2D eigenvalue weighted by molar-refractivity contribution is 0.296. The number of hydrogen-bond acceptors (Lipinski definition) is 3. The first-order chi connectivity index (χ1) is 13.0. The molecule has 0 N–H and O–H groups in total. The minimum Gasteiger partial charge on any atom is -0.487 e. The number of aromatic nitrogens is 1. The first kappa shape index (κ1) is 18.9. The molecule has 0 spiro atoms. The lowest BCUT2D eigenvalue weighted by atomic mass is 10.1. The van der Waals surface area contributed by atoms with Gasteiger partial charge in [-0.05, 0) is 52.2 Å². The van der Waals surface area contributed by atoms with E-state index in [1.165, 1.54) is 10.6 Å². The molecule has 1 aromatic heterocycles. The first-order valence-electron chi connectivity index (χ1n) is 8.24. The molecule has 3 rings (SSSR count). The molecule has 27 heavy (non-hydrogen) atoms.